The molecule has 0 aliphatic carbocycles. The van der Waals surface area contributed by atoms with Crippen LogP contribution in [0.4, 0.5) is 0 Å². The standard InChI is InChI=1S/C34H68NO8P/c1-6-8-10-12-14-16-18-20-22-24-26-33(36)40-30-32(31-42-44(38,39)41-29-28-35(3,4)5)43-34(37)27-25-23-21-19-17-15-13-11-9-7-2/h32H,6-31H2,1-5H3/p+1. The minimum atomic E-state index is -4.35. The number of carbonyl (C=O) groups excluding carboxylic acids is 2. The summed E-state index contributed by atoms with van der Waals surface area (Å²) in [7, 11) is 1.48. The highest BCUT2D eigenvalue weighted by Gasteiger charge is 2.27. The Bertz CT molecular complexity index is 743. The summed E-state index contributed by atoms with van der Waals surface area (Å²) in [6, 6.07) is 0. The Morgan fingerprint density at radius 3 is 1.45 bits per heavy atom. The second-order valence-corrected chi connectivity index (χ2v) is 14.7. The van der Waals surface area contributed by atoms with Crippen LogP contribution in [0, 0.1) is 0 Å². The van der Waals surface area contributed by atoms with E-state index in [1.165, 1.54) is 89.9 Å². The van der Waals surface area contributed by atoms with Crippen molar-refractivity contribution in [3.63, 3.8) is 0 Å². The third-order valence-electron chi connectivity index (χ3n) is 7.64. The molecule has 0 fully saturated rings. The van der Waals surface area contributed by atoms with Gasteiger partial charge in [0.2, 0.25) is 0 Å². The zero-order valence-electron chi connectivity index (χ0n) is 29.2. The van der Waals surface area contributed by atoms with Gasteiger partial charge in [-0.2, -0.15) is 0 Å². The zero-order valence-corrected chi connectivity index (χ0v) is 30.1. The summed E-state index contributed by atoms with van der Waals surface area (Å²) in [4.78, 5) is 35.0. The van der Waals surface area contributed by atoms with Crippen molar-refractivity contribution in [2.24, 2.45) is 0 Å². The van der Waals surface area contributed by atoms with Crippen molar-refractivity contribution in [2.45, 2.75) is 161 Å². The lowest BCUT2D eigenvalue weighted by Crippen LogP contribution is -2.37. The Morgan fingerprint density at radius 2 is 1.02 bits per heavy atom. The van der Waals surface area contributed by atoms with Crippen LogP contribution in [-0.4, -0.2) is 74.9 Å². The van der Waals surface area contributed by atoms with Crippen molar-refractivity contribution in [1.29, 1.82) is 0 Å². The van der Waals surface area contributed by atoms with Gasteiger partial charge in [-0.1, -0.05) is 129 Å². The predicted molar refractivity (Wildman–Crippen MR) is 178 cm³/mol. The van der Waals surface area contributed by atoms with E-state index in [1.54, 1.807) is 0 Å². The van der Waals surface area contributed by atoms with Gasteiger partial charge in [-0.25, -0.2) is 4.57 Å². The summed E-state index contributed by atoms with van der Waals surface area (Å²) < 4.78 is 34.0. The fourth-order valence-electron chi connectivity index (χ4n) is 4.78. The molecule has 0 aromatic rings. The number of esters is 2. The summed E-state index contributed by atoms with van der Waals surface area (Å²) in [6.07, 6.45) is 22.9. The maximum Gasteiger partial charge on any atom is 0.472 e. The SMILES string of the molecule is CCCCCCCCCCCCC(=O)OCC(COP(=O)(O)OCC[N+](C)(C)C)OC(=O)CCCCCCCCCCCC. The van der Waals surface area contributed by atoms with Crippen LogP contribution in [0.25, 0.3) is 0 Å². The van der Waals surface area contributed by atoms with E-state index in [0.29, 0.717) is 23.9 Å². The van der Waals surface area contributed by atoms with Gasteiger partial charge in [-0.3, -0.25) is 18.6 Å². The largest absolute Gasteiger partial charge is 0.472 e. The van der Waals surface area contributed by atoms with Gasteiger partial charge >= 0.3 is 19.8 Å². The van der Waals surface area contributed by atoms with Crippen molar-refractivity contribution >= 4 is 19.8 Å². The number of unbranched alkanes of at least 4 members (excludes halogenated alkanes) is 18. The molecule has 0 heterocycles. The predicted octanol–water partition coefficient (Wildman–Crippen LogP) is 8.90. The molecule has 0 amide bonds. The van der Waals surface area contributed by atoms with Crippen LogP contribution in [0.3, 0.4) is 0 Å². The van der Waals surface area contributed by atoms with Crippen molar-refractivity contribution in [2.75, 3.05) is 47.5 Å². The van der Waals surface area contributed by atoms with Crippen LogP contribution < -0.4 is 0 Å². The van der Waals surface area contributed by atoms with Gasteiger partial charge in [0.15, 0.2) is 6.10 Å². The lowest BCUT2D eigenvalue weighted by Gasteiger charge is -2.24. The number of likely N-dealkylation sites (N-methyl/N-ethyl adjacent to an activating group) is 1. The smallest absolute Gasteiger partial charge is 0.462 e. The highest BCUT2D eigenvalue weighted by molar-refractivity contribution is 7.47. The number of nitrogens with zero attached hydrogens (tertiary/aromatic N) is 1. The Kier molecular flexibility index (Phi) is 27.6. The summed E-state index contributed by atoms with van der Waals surface area (Å²) >= 11 is 0. The van der Waals surface area contributed by atoms with E-state index in [9.17, 15) is 19.0 Å². The fraction of sp³-hybridized carbons (Fsp3) is 0.941. The fourth-order valence-corrected chi connectivity index (χ4v) is 5.52. The molecular weight excluding hydrogens is 581 g/mol. The molecule has 0 radical (unpaired) electrons. The first-order chi connectivity index (χ1) is 21.0. The molecule has 0 saturated heterocycles. The number of ether oxygens (including phenoxy) is 2. The lowest BCUT2D eigenvalue weighted by atomic mass is 10.1. The first-order valence-corrected chi connectivity index (χ1v) is 19.3. The first kappa shape index (κ1) is 43.0. The van der Waals surface area contributed by atoms with Gasteiger partial charge in [0.05, 0.1) is 27.7 Å². The van der Waals surface area contributed by atoms with E-state index in [2.05, 4.69) is 13.8 Å². The summed E-state index contributed by atoms with van der Waals surface area (Å²) in [5.74, 6) is -0.797. The van der Waals surface area contributed by atoms with Crippen molar-refractivity contribution in [3.8, 4) is 0 Å². The summed E-state index contributed by atoms with van der Waals surface area (Å²) in [6.45, 7) is 4.38. The lowest BCUT2D eigenvalue weighted by molar-refractivity contribution is -0.870. The Hall–Kier alpha value is -0.990. The van der Waals surface area contributed by atoms with Crippen molar-refractivity contribution < 1.29 is 42.1 Å². The molecule has 0 spiro atoms. The molecule has 44 heavy (non-hydrogen) atoms. The van der Waals surface area contributed by atoms with E-state index >= 15 is 0 Å². The highest BCUT2D eigenvalue weighted by Crippen LogP contribution is 2.43. The average Bonchev–Trinajstić information content (AvgIpc) is 2.95. The van der Waals surface area contributed by atoms with E-state index < -0.39 is 26.5 Å². The molecule has 0 rings (SSSR count). The van der Waals surface area contributed by atoms with Crippen LogP contribution in [0.1, 0.15) is 155 Å². The molecule has 262 valence electrons. The van der Waals surface area contributed by atoms with Crippen LogP contribution in [0.15, 0.2) is 0 Å². The molecule has 10 heteroatoms. The van der Waals surface area contributed by atoms with E-state index in [0.717, 1.165) is 32.1 Å². The Balaban J connectivity index is 4.47. The molecule has 1 N–H and O–H groups in total. The molecule has 0 saturated carbocycles. The molecule has 2 atom stereocenters. The Labute approximate surface area is 270 Å². The van der Waals surface area contributed by atoms with Gasteiger partial charge in [-0.05, 0) is 12.8 Å². The number of carbonyl (C=O) groups is 2. The van der Waals surface area contributed by atoms with Gasteiger partial charge < -0.3 is 18.9 Å². The van der Waals surface area contributed by atoms with E-state index in [-0.39, 0.29) is 25.6 Å². The van der Waals surface area contributed by atoms with Gasteiger partial charge in [-0.15, -0.1) is 0 Å². The zero-order chi connectivity index (χ0) is 32.9. The monoisotopic (exact) mass is 650 g/mol. The number of hydrogen-bond donors (Lipinski definition) is 1. The van der Waals surface area contributed by atoms with Crippen LogP contribution >= 0.6 is 7.82 Å². The molecule has 9 nitrogen and oxygen atoms in total. The third-order valence-corrected chi connectivity index (χ3v) is 8.62. The minimum absolute atomic E-state index is 0.0360. The maximum atomic E-state index is 12.5. The molecule has 0 bridgehead atoms. The van der Waals surface area contributed by atoms with Crippen molar-refractivity contribution in [3.05, 3.63) is 0 Å². The molecule has 0 aliphatic heterocycles. The summed E-state index contributed by atoms with van der Waals surface area (Å²) in [5, 5.41) is 0. The molecular formula is C34H69NO8P+. The number of quaternary nitrogens is 1. The van der Waals surface area contributed by atoms with Gasteiger partial charge in [0, 0.05) is 12.8 Å². The number of phosphoric acid groups is 1. The number of phosphoric ester groups is 1. The quantitative estimate of drug-likeness (QED) is 0.0333. The molecule has 0 aliphatic rings. The van der Waals surface area contributed by atoms with Crippen molar-refractivity contribution in [1.82, 2.24) is 0 Å². The molecule has 0 aromatic heterocycles. The second kappa shape index (κ2) is 28.3. The van der Waals surface area contributed by atoms with Crippen LogP contribution in [0.2, 0.25) is 0 Å². The van der Waals surface area contributed by atoms with E-state index in [4.69, 9.17) is 18.5 Å². The molecule has 0 aromatic carbocycles. The second-order valence-electron chi connectivity index (χ2n) is 13.3. The number of hydrogen-bond acceptors (Lipinski definition) is 7. The normalized spacial score (nSPS) is 13.9. The minimum Gasteiger partial charge on any atom is -0.462 e. The summed E-state index contributed by atoms with van der Waals surface area (Å²) in [5.41, 5.74) is 0. The average molecular weight is 651 g/mol. The topological polar surface area (TPSA) is 108 Å². The van der Waals surface area contributed by atoms with Crippen LogP contribution in [0.5, 0.6) is 0 Å². The molecule has 2 unspecified atom stereocenters. The number of rotatable bonds is 32. The van der Waals surface area contributed by atoms with Crippen LogP contribution in [-0.2, 0) is 32.7 Å². The van der Waals surface area contributed by atoms with Gasteiger partial charge in [0.1, 0.15) is 19.8 Å². The van der Waals surface area contributed by atoms with E-state index in [1.807, 2.05) is 21.1 Å². The first-order valence-electron chi connectivity index (χ1n) is 17.8. The third kappa shape index (κ3) is 31.0. The highest BCUT2D eigenvalue weighted by atomic mass is 31.2. The Morgan fingerprint density at radius 1 is 0.614 bits per heavy atom. The maximum absolute atomic E-state index is 12.5. The van der Waals surface area contributed by atoms with Gasteiger partial charge in [0.25, 0.3) is 0 Å².